The molecule has 5 heteroatoms. The SMILES string of the molecule is C[SiH2]C1(CC=CC(F)(F)F)CCCCO1. The summed E-state index contributed by atoms with van der Waals surface area (Å²) in [6.07, 6.45) is 0.844. The average Bonchev–Trinajstić information content (AvgIpc) is 2.17. The molecule has 0 radical (unpaired) electrons. The maximum atomic E-state index is 11.9. The van der Waals surface area contributed by atoms with Crippen molar-refractivity contribution in [2.45, 2.75) is 43.6 Å². The lowest BCUT2D eigenvalue weighted by molar-refractivity contribution is -0.0805. The van der Waals surface area contributed by atoms with Crippen LogP contribution >= 0.6 is 0 Å². The topological polar surface area (TPSA) is 9.23 Å². The first-order valence-electron chi connectivity index (χ1n) is 5.36. The van der Waals surface area contributed by atoms with E-state index in [1.54, 1.807) is 0 Å². The second kappa shape index (κ2) is 5.16. The van der Waals surface area contributed by atoms with Gasteiger partial charge in [-0.2, -0.15) is 13.2 Å². The Hall–Kier alpha value is -0.293. The molecule has 1 aliphatic heterocycles. The molecule has 1 atom stereocenters. The van der Waals surface area contributed by atoms with Gasteiger partial charge in [-0.1, -0.05) is 12.6 Å². The average molecular weight is 238 g/mol. The molecule has 0 aromatic heterocycles. The van der Waals surface area contributed by atoms with Gasteiger partial charge in [-0.25, -0.2) is 0 Å². The van der Waals surface area contributed by atoms with Crippen LogP contribution in [0.5, 0.6) is 0 Å². The van der Waals surface area contributed by atoms with E-state index in [4.69, 9.17) is 4.74 Å². The zero-order valence-electron chi connectivity index (χ0n) is 8.94. The Labute approximate surface area is 90.5 Å². The highest BCUT2D eigenvalue weighted by atomic mass is 28.2. The van der Waals surface area contributed by atoms with Gasteiger partial charge in [-0.15, -0.1) is 0 Å². The zero-order valence-corrected chi connectivity index (χ0v) is 10.4. The number of hydrogen-bond acceptors (Lipinski definition) is 1. The van der Waals surface area contributed by atoms with Crippen molar-refractivity contribution in [2.24, 2.45) is 0 Å². The molecule has 0 N–H and O–H groups in total. The summed E-state index contributed by atoms with van der Waals surface area (Å²) in [6, 6.07) is 0. The van der Waals surface area contributed by atoms with Gasteiger partial charge in [0.2, 0.25) is 0 Å². The zero-order chi connectivity index (χ0) is 11.4. The van der Waals surface area contributed by atoms with E-state index >= 15 is 0 Å². The fraction of sp³-hybridized carbons (Fsp3) is 0.800. The molecule has 1 saturated heterocycles. The Kier molecular flexibility index (Phi) is 4.40. The summed E-state index contributed by atoms with van der Waals surface area (Å²) in [5.41, 5.74) is 0. The highest BCUT2D eigenvalue weighted by Crippen LogP contribution is 2.28. The fourth-order valence-electron chi connectivity index (χ4n) is 1.90. The van der Waals surface area contributed by atoms with Crippen molar-refractivity contribution in [2.75, 3.05) is 6.61 Å². The van der Waals surface area contributed by atoms with Crippen LogP contribution in [0.15, 0.2) is 12.2 Å². The maximum absolute atomic E-state index is 11.9. The predicted octanol–water partition coefficient (Wildman–Crippen LogP) is 2.61. The van der Waals surface area contributed by atoms with E-state index in [1.807, 2.05) is 0 Å². The summed E-state index contributed by atoms with van der Waals surface area (Å²) in [6.45, 7) is 2.81. The maximum Gasteiger partial charge on any atom is 0.409 e. The lowest BCUT2D eigenvalue weighted by Crippen LogP contribution is -2.40. The smallest absolute Gasteiger partial charge is 0.379 e. The predicted molar refractivity (Wildman–Crippen MR) is 56.8 cm³/mol. The third-order valence-corrected chi connectivity index (χ3v) is 5.01. The Morgan fingerprint density at radius 2 is 2.13 bits per heavy atom. The lowest BCUT2D eigenvalue weighted by atomic mass is 10.1. The molecule has 0 saturated carbocycles. The Morgan fingerprint density at radius 3 is 2.60 bits per heavy atom. The molecule has 1 aliphatic rings. The summed E-state index contributed by atoms with van der Waals surface area (Å²) in [5, 5.41) is -0.208. The molecule has 0 aliphatic carbocycles. The normalized spacial score (nSPS) is 29.3. The molecule has 0 bridgehead atoms. The molecule has 0 aromatic rings. The minimum absolute atomic E-state index is 0.208. The lowest BCUT2D eigenvalue weighted by Gasteiger charge is -2.35. The minimum atomic E-state index is -4.19. The number of halogens is 3. The van der Waals surface area contributed by atoms with E-state index in [0.717, 1.165) is 19.3 Å². The third-order valence-electron chi connectivity index (χ3n) is 2.88. The number of ether oxygens (including phenoxy) is 1. The molecule has 1 fully saturated rings. The molecule has 88 valence electrons. The summed E-state index contributed by atoms with van der Waals surface area (Å²) in [5.74, 6) is 0. The van der Waals surface area contributed by atoms with Crippen molar-refractivity contribution in [1.29, 1.82) is 0 Å². The van der Waals surface area contributed by atoms with E-state index in [-0.39, 0.29) is 5.22 Å². The van der Waals surface area contributed by atoms with E-state index in [1.165, 1.54) is 6.08 Å². The van der Waals surface area contributed by atoms with Gasteiger partial charge in [0.15, 0.2) is 0 Å². The quantitative estimate of drug-likeness (QED) is 0.542. The van der Waals surface area contributed by atoms with Crippen molar-refractivity contribution in [1.82, 2.24) is 0 Å². The van der Waals surface area contributed by atoms with Gasteiger partial charge in [0, 0.05) is 12.7 Å². The summed E-state index contributed by atoms with van der Waals surface area (Å²) in [4.78, 5) is 0. The van der Waals surface area contributed by atoms with Crippen molar-refractivity contribution in [3.63, 3.8) is 0 Å². The highest BCUT2D eigenvalue weighted by Gasteiger charge is 2.31. The second-order valence-corrected chi connectivity index (χ2v) is 5.99. The summed E-state index contributed by atoms with van der Waals surface area (Å²) in [7, 11) is -0.444. The van der Waals surface area contributed by atoms with Gasteiger partial charge in [-0.3, -0.25) is 0 Å². The molecule has 1 rings (SSSR count). The molecule has 15 heavy (non-hydrogen) atoms. The first-order valence-corrected chi connectivity index (χ1v) is 7.48. The van der Waals surface area contributed by atoms with Gasteiger partial charge < -0.3 is 4.74 Å². The van der Waals surface area contributed by atoms with E-state index < -0.39 is 15.7 Å². The van der Waals surface area contributed by atoms with Crippen LogP contribution in [0.3, 0.4) is 0 Å². The van der Waals surface area contributed by atoms with Crippen molar-refractivity contribution >= 4 is 9.52 Å². The van der Waals surface area contributed by atoms with Crippen LogP contribution in [-0.4, -0.2) is 27.5 Å². The van der Waals surface area contributed by atoms with Crippen LogP contribution in [0.4, 0.5) is 13.2 Å². The molecule has 1 nitrogen and oxygen atoms in total. The monoisotopic (exact) mass is 238 g/mol. The van der Waals surface area contributed by atoms with E-state index in [9.17, 15) is 13.2 Å². The van der Waals surface area contributed by atoms with Crippen molar-refractivity contribution in [3.05, 3.63) is 12.2 Å². The molecule has 1 unspecified atom stereocenters. The molecule has 0 spiro atoms. The first-order chi connectivity index (χ1) is 6.97. The Morgan fingerprint density at radius 1 is 1.40 bits per heavy atom. The fourth-order valence-corrected chi connectivity index (χ4v) is 3.31. The summed E-state index contributed by atoms with van der Waals surface area (Å²) >= 11 is 0. The van der Waals surface area contributed by atoms with Gasteiger partial charge >= 0.3 is 6.18 Å². The minimum Gasteiger partial charge on any atom is -0.379 e. The number of alkyl halides is 3. The van der Waals surface area contributed by atoms with Crippen LogP contribution in [0.2, 0.25) is 6.55 Å². The third kappa shape index (κ3) is 4.38. The standard InChI is InChI=1S/C10H17F3OSi/c1-15-9(5-2-3-8-14-9)6-4-7-10(11,12)13/h4,7H,2-3,5-6,8,15H2,1H3. The van der Waals surface area contributed by atoms with Crippen LogP contribution in [-0.2, 0) is 4.74 Å². The van der Waals surface area contributed by atoms with Crippen LogP contribution in [0.1, 0.15) is 25.7 Å². The molecular weight excluding hydrogens is 221 g/mol. The number of allylic oxidation sites excluding steroid dienone is 1. The van der Waals surface area contributed by atoms with Gasteiger partial charge in [-0.05, 0) is 25.7 Å². The van der Waals surface area contributed by atoms with Crippen LogP contribution in [0, 0.1) is 0 Å². The molecule has 0 amide bonds. The largest absolute Gasteiger partial charge is 0.409 e. The van der Waals surface area contributed by atoms with E-state index in [2.05, 4.69) is 6.55 Å². The van der Waals surface area contributed by atoms with Crippen molar-refractivity contribution in [3.8, 4) is 0 Å². The van der Waals surface area contributed by atoms with E-state index in [0.29, 0.717) is 19.1 Å². The summed E-state index contributed by atoms with van der Waals surface area (Å²) < 4.78 is 41.4. The number of hydrogen-bond donors (Lipinski definition) is 0. The number of rotatable bonds is 3. The Bertz CT molecular complexity index is 219. The van der Waals surface area contributed by atoms with Crippen LogP contribution < -0.4 is 0 Å². The molecule has 1 heterocycles. The molecule has 0 aromatic carbocycles. The second-order valence-electron chi connectivity index (χ2n) is 3.99. The van der Waals surface area contributed by atoms with Gasteiger partial charge in [0.25, 0.3) is 0 Å². The Balaban J connectivity index is 2.49. The van der Waals surface area contributed by atoms with Crippen LogP contribution in [0.25, 0.3) is 0 Å². The van der Waals surface area contributed by atoms with Crippen molar-refractivity contribution < 1.29 is 17.9 Å². The first kappa shape index (κ1) is 12.8. The van der Waals surface area contributed by atoms with Gasteiger partial charge in [0.05, 0.1) is 14.7 Å². The molecular formula is C10H17F3OSi. The highest BCUT2D eigenvalue weighted by molar-refractivity contribution is 6.37. The van der Waals surface area contributed by atoms with Gasteiger partial charge in [0.1, 0.15) is 0 Å².